The monoisotopic (exact) mass is 247 g/mol. The Morgan fingerprint density at radius 2 is 2.25 bits per heavy atom. The van der Waals surface area contributed by atoms with Crippen LogP contribution in [-0.2, 0) is 4.79 Å². The lowest BCUT2D eigenvalue weighted by atomic mass is 9.96. The summed E-state index contributed by atoms with van der Waals surface area (Å²) in [5.41, 5.74) is -0.789. The molecule has 0 aromatic heterocycles. The van der Waals surface area contributed by atoms with Crippen molar-refractivity contribution in [3.05, 3.63) is 0 Å². The average Bonchev–Trinajstić information content (AvgIpc) is 3.07. The van der Waals surface area contributed by atoms with Crippen LogP contribution < -0.4 is 5.32 Å². The van der Waals surface area contributed by atoms with Gasteiger partial charge in [-0.05, 0) is 25.3 Å². The van der Waals surface area contributed by atoms with Crippen molar-refractivity contribution in [2.45, 2.75) is 37.5 Å². The van der Waals surface area contributed by atoms with Gasteiger partial charge in [0.25, 0.3) is 0 Å². The van der Waals surface area contributed by atoms with Gasteiger partial charge in [0.05, 0.1) is 6.61 Å². The number of carboxylic acids is 1. The van der Waals surface area contributed by atoms with E-state index in [1.54, 1.807) is 0 Å². The number of hydrogen-bond donors (Lipinski definition) is 3. The van der Waals surface area contributed by atoms with Crippen LogP contribution in [0.2, 0.25) is 0 Å². The van der Waals surface area contributed by atoms with Gasteiger partial charge in [-0.1, -0.05) is 13.8 Å². The Kier molecular flexibility index (Phi) is 5.08. The fourth-order valence-electron chi connectivity index (χ4n) is 1.84. The number of carbonyl (C=O) groups is 1. The fourth-order valence-corrected chi connectivity index (χ4v) is 2.96. The zero-order valence-electron chi connectivity index (χ0n) is 9.90. The number of aliphatic hydroxyl groups is 1. The molecule has 0 aromatic rings. The highest BCUT2D eigenvalue weighted by Gasteiger charge is 2.50. The molecule has 0 saturated heterocycles. The maximum atomic E-state index is 11.5. The van der Waals surface area contributed by atoms with Crippen molar-refractivity contribution in [2.24, 2.45) is 5.92 Å². The highest BCUT2D eigenvalue weighted by atomic mass is 32.2. The number of nitrogens with one attached hydrogen (secondary N) is 1. The van der Waals surface area contributed by atoms with E-state index in [4.69, 9.17) is 5.11 Å². The maximum Gasteiger partial charge on any atom is 0.325 e. The molecule has 5 heteroatoms. The van der Waals surface area contributed by atoms with Crippen molar-refractivity contribution >= 4 is 17.7 Å². The second kappa shape index (κ2) is 5.89. The summed E-state index contributed by atoms with van der Waals surface area (Å²) in [7, 11) is 0. The smallest absolute Gasteiger partial charge is 0.325 e. The van der Waals surface area contributed by atoms with Crippen molar-refractivity contribution in [2.75, 3.05) is 18.9 Å². The summed E-state index contributed by atoms with van der Waals surface area (Å²) in [5.74, 6) is 0.0283. The van der Waals surface area contributed by atoms with Gasteiger partial charge in [0, 0.05) is 11.0 Å². The van der Waals surface area contributed by atoms with E-state index in [-0.39, 0.29) is 17.8 Å². The van der Waals surface area contributed by atoms with Crippen molar-refractivity contribution in [3.8, 4) is 0 Å². The van der Waals surface area contributed by atoms with Crippen LogP contribution in [0.1, 0.15) is 26.7 Å². The standard InChI is InChI=1S/C11H21NO3S/c1-3-12-11(10(14)15,9-4-5-9)7-16-8(2)6-13/h8-9,12-13H,3-7H2,1-2H3,(H,14,15). The van der Waals surface area contributed by atoms with E-state index in [1.165, 1.54) is 11.8 Å². The third-order valence-electron chi connectivity index (χ3n) is 3.00. The van der Waals surface area contributed by atoms with Gasteiger partial charge in [-0.2, -0.15) is 11.8 Å². The van der Waals surface area contributed by atoms with E-state index in [9.17, 15) is 9.90 Å². The predicted molar refractivity (Wildman–Crippen MR) is 65.8 cm³/mol. The molecule has 16 heavy (non-hydrogen) atoms. The lowest BCUT2D eigenvalue weighted by Gasteiger charge is -2.31. The molecule has 4 nitrogen and oxygen atoms in total. The third-order valence-corrected chi connectivity index (χ3v) is 4.34. The zero-order valence-corrected chi connectivity index (χ0v) is 10.7. The first-order chi connectivity index (χ1) is 7.56. The van der Waals surface area contributed by atoms with Gasteiger partial charge >= 0.3 is 5.97 Å². The molecule has 1 aliphatic carbocycles. The van der Waals surface area contributed by atoms with Crippen LogP contribution >= 0.6 is 11.8 Å². The van der Waals surface area contributed by atoms with Crippen LogP contribution in [-0.4, -0.2) is 45.9 Å². The summed E-state index contributed by atoms with van der Waals surface area (Å²) in [5, 5.41) is 21.6. The third kappa shape index (κ3) is 3.12. The number of aliphatic carboxylic acids is 1. The van der Waals surface area contributed by atoms with E-state index in [1.807, 2.05) is 13.8 Å². The number of likely N-dealkylation sites (N-methyl/N-ethyl adjacent to an activating group) is 1. The van der Waals surface area contributed by atoms with E-state index in [0.717, 1.165) is 12.8 Å². The molecule has 0 heterocycles. The van der Waals surface area contributed by atoms with Crippen molar-refractivity contribution < 1.29 is 15.0 Å². The van der Waals surface area contributed by atoms with Gasteiger partial charge in [0.15, 0.2) is 0 Å². The Morgan fingerprint density at radius 1 is 1.62 bits per heavy atom. The molecule has 0 bridgehead atoms. The summed E-state index contributed by atoms with van der Waals surface area (Å²) in [6, 6.07) is 0. The molecule has 2 unspecified atom stereocenters. The minimum Gasteiger partial charge on any atom is -0.480 e. The normalized spacial score (nSPS) is 21.4. The molecule has 1 rings (SSSR count). The number of carboxylic acid groups (broad SMARTS) is 1. The topological polar surface area (TPSA) is 69.6 Å². The first kappa shape index (κ1) is 13.8. The molecule has 1 aliphatic rings. The van der Waals surface area contributed by atoms with E-state index < -0.39 is 11.5 Å². The summed E-state index contributed by atoms with van der Waals surface area (Å²) < 4.78 is 0. The van der Waals surface area contributed by atoms with Crippen molar-refractivity contribution in [3.63, 3.8) is 0 Å². The predicted octanol–water partition coefficient (Wildman–Crippen LogP) is 0.943. The molecular weight excluding hydrogens is 226 g/mol. The first-order valence-electron chi connectivity index (χ1n) is 5.77. The number of hydrogen-bond acceptors (Lipinski definition) is 4. The minimum atomic E-state index is -0.789. The van der Waals surface area contributed by atoms with Crippen molar-refractivity contribution in [1.82, 2.24) is 5.32 Å². The lowest BCUT2D eigenvalue weighted by Crippen LogP contribution is -2.56. The Labute approximate surface area is 101 Å². The molecule has 3 N–H and O–H groups in total. The molecular formula is C11H21NO3S. The summed E-state index contributed by atoms with van der Waals surface area (Å²) in [6.07, 6.45) is 1.99. The van der Waals surface area contributed by atoms with Crippen LogP contribution in [0.5, 0.6) is 0 Å². The summed E-state index contributed by atoms with van der Waals surface area (Å²) in [4.78, 5) is 11.5. The Balaban J connectivity index is 2.64. The molecule has 1 fully saturated rings. The van der Waals surface area contributed by atoms with Crippen LogP contribution in [0.4, 0.5) is 0 Å². The molecule has 2 atom stereocenters. The first-order valence-corrected chi connectivity index (χ1v) is 6.82. The minimum absolute atomic E-state index is 0.0936. The molecule has 0 radical (unpaired) electrons. The lowest BCUT2D eigenvalue weighted by molar-refractivity contribution is -0.144. The molecule has 0 spiro atoms. The number of rotatable bonds is 8. The van der Waals surface area contributed by atoms with Crippen LogP contribution in [0, 0.1) is 5.92 Å². The SMILES string of the molecule is CCNC(CSC(C)CO)(C(=O)O)C1CC1. The molecule has 0 aliphatic heterocycles. The van der Waals surface area contributed by atoms with E-state index in [2.05, 4.69) is 5.32 Å². The second-order valence-corrected chi connectivity index (χ2v) is 5.81. The van der Waals surface area contributed by atoms with Gasteiger partial charge in [-0.15, -0.1) is 0 Å². The highest BCUT2D eigenvalue weighted by molar-refractivity contribution is 8.00. The maximum absolute atomic E-state index is 11.5. The van der Waals surface area contributed by atoms with Crippen LogP contribution in [0.25, 0.3) is 0 Å². The second-order valence-electron chi connectivity index (χ2n) is 4.39. The summed E-state index contributed by atoms with van der Waals surface area (Å²) in [6.45, 7) is 4.60. The average molecular weight is 247 g/mol. The Morgan fingerprint density at radius 3 is 2.62 bits per heavy atom. The summed E-state index contributed by atoms with van der Waals surface area (Å²) >= 11 is 1.53. The quantitative estimate of drug-likeness (QED) is 0.595. The highest BCUT2D eigenvalue weighted by Crippen LogP contribution is 2.42. The largest absolute Gasteiger partial charge is 0.480 e. The van der Waals surface area contributed by atoms with E-state index in [0.29, 0.717) is 12.3 Å². The van der Waals surface area contributed by atoms with Gasteiger partial charge in [0.2, 0.25) is 0 Å². The number of aliphatic hydroxyl groups excluding tert-OH is 1. The van der Waals surface area contributed by atoms with Gasteiger partial charge in [-0.25, -0.2) is 0 Å². The van der Waals surface area contributed by atoms with Crippen LogP contribution in [0.3, 0.4) is 0 Å². The van der Waals surface area contributed by atoms with E-state index >= 15 is 0 Å². The Bertz CT molecular complexity index is 245. The Hall–Kier alpha value is -0.260. The molecule has 0 amide bonds. The van der Waals surface area contributed by atoms with Gasteiger partial charge < -0.3 is 15.5 Å². The molecule has 0 aromatic carbocycles. The number of thioether (sulfide) groups is 1. The molecule has 1 saturated carbocycles. The van der Waals surface area contributed by atoms with Gasteiger partial charge in [-0.3, -0.25) is 4.79 Å². The van der Waals surface area contributed by atoms with Gasteiger partial charge in [0.1, 0.15) is 5.54 Å². The van der Waals surface area contributed by atoms with Crippen molar-refractivity contribution in [1.29, 1.82) is 0 Å². The molecule has 94 valence electrons. The zero-order chi connectivity index (χ0) is 12.2. The fraction of sp³-hybridized carbons (Fsp3) is 0.909. The van der Waals surface area contributed by atoms with Crippen LogP contribution in [0.15, 0.2) is 0 Å².